The highest BCUT2D eigenvalue weighted by atomic mass is 16.6. The summed E-state index contributed by atoms with van der Waals surface area (Å²) in [6.45, 7) is -0.210. The van der Waals surface area contributed by atoms with Crippen molar-refractivity contribution in [3.63, 3.8) is 0 Å². The normalized spacial score (nSPS) is 10.4. The molecule has 25 heavy (non-hydrogen) atoms. The lowest BCUT2D eigenvalue weighted by Crippen LogP contribution is -2.35. The van der Waals surface area contributed by atoms with E-state index in [1.165, 1.54) is 24.4 Å². The van der Waals surface area contributed by atoms with Gasteiger partial charge in [0.2, 0.25) is 5.91 Å². The first-order valence-corrected chi connectivity index (χ1v) is 7.41. The maximum Gasteiger partial charge on any atom is 0.270 e. The maximum absolute atomic E-state index is 11.7. The van der Waals surface area contributed by atoms with Gasteiger partial charge in [-0.05, 0) is 5.56 Å². The van der Waals surface area contributed by atoms with Crippen molar-refractivity contribution in [3.05, 3.63) is 75.8 Å². The molecule has 0 saturated carbocycles. The molecule has 128 valence electrons. The predicted molar refractivity (Wildman–Crippen MR) is 92.0 cm³/mol. The van der Waals surface area contributed by atoms with Gasteiger partial charge >= 0.3 is 0 Å². The summed E-state index contributed by atoms with van der Waals surface area (Å²) in [6.07, 6.45) is 1.47. The van der Waals surface area contributed by atoms with E-state index in [1.54, 1.807) is 6.07 Å². The van der Waals surface area contributed by atoms with Crippen LogP contribution in [0.3, 0.4) is 0 Å². The molecule has 0 aliphatic carbocycles. The highest BCUT2D eigenvalue weighted by Gasteiger charge is 2.06. The van der Waals surface area contributed by atoms with E-state index in [1.807, 2.05) is 30.3 Å². The Morgan fingerprint density at radius 3 is 2.56 bits per heavy atom. The molecule has 8 heteroatoms. The van der Waals surface area contributed by atoms with Crippen LogP contribution in [0.25, 0.3) is 0 Å². The third-order valence-corrected chi connectivity index (χ3v) is 3.14. The Hall–Kier alpha value is -3.55. The molecule has 8 nitrogen and oxygen atoms in total. The number of nitro groups is 1. The van der Waals surface area contributed by atoms with Crippen molar-refractivity contribution in [1.29, 1.82) is 0 Å². The van der Waals surface area contributed by atoms with Crippen molar-refractivity contribution in [3.8, 4) is 0 Å². The largest absolute Gasteiger partial charge is 0.347 e. The lowest BCUT2D eigenvalue weighted by molar-refractivity contribution is -0.384. The second kappa shape index (κ2) is 8.92. The van der Waals surface area contributed by atoms with E-state index >= 15 is 0 Å². The molecule has 0 saturated heterocycles. The van der Waals surface area contributed by atoms with E-state index in [4.69, 9.17) is 0 Å². The molecule has 0 radical (unpaired) electrons. The number of carbonyl (C=O) groups is 2. The van der Waals surface area contributed by atoms with E-state index in [2.05, 4.69) is 15.8 Å². The highest BCUT2D eigenvalue weighted by molar-refractivity contribution is 5.87. The van der Waals surface area contributed by atoms with E-state index in [0.29, 0.717) is 5.56 Å². The van der Waals surface area contributed by atoms with Crippen molar-refractivity contribution in [2.45, 2.75) is 6.42 Å². The first-order chi connectivity index (χ1) is 12.0. The zero-order valence-electron chi connectivity index (χ0n) is 13.2. The van der Waals surface area contributed by atoms with Gasteiger partial charge in [0.15, 0.2) is 0 Å². The standard InChI is InChI=1S/C17H16N4O4/c22-16(10-13-5-2-1-3-6-13)18-12-17(23)20-19-11-14-7-4-8-15(9-14)21(24)25/h1-9,11H,10,12H2,(H,18,22)(H,20,23)/b19-11+. The van der Waals surface area contributed by atoms with Crippen LogP contribution in [0.5, 0.6) is 0 Å². The average molecular weight is 340 g/mol. The van der Waals surface area contributed by atoms with Crippen molar-refractivity contribution in [2.75, 3.05) is 6.54 Å². The molecule has 2 aromatic rings. The number of rotatable bonds is 7. The summed E-state index contributed by atoms with van der Waals surface area (Å²) in [5.41, 5.74) is 3.50. The number of nitro benzene ring substituents is 1. The van der Waals surface area contributed by atoms with Gasteiger partial charge in [-0.3, -0.25) is 19.7 Å². The fourth-order valence-corrected chi connectivity index (χ4v) is 1.96. The van der Waals surface area contributed by atoms with Crippen LogP contribution in [0.2, 0.25) is 0 Å². The molecule has 2 N–H and O–H groups in total. The van der Waals surface area contributed by atoms with Crippen LogP contribution < -0.4 is 10.7 Å². The fraction of sp³-hybridized carbons (Fsp3) is 0.118. The number of hydrogen-bond acceptors (Lipinski definition) is 5. The van der Waals surface area contributed by atoms with Gasteiger partial charge in [-0.25, -0.2) is 5.43 Å². The SMILES string of the molecule is O=C(Cc1ccccc1)NCC(=O)N/N=C/c1cccc([N+](=O)[O-])c1. The Kier molecular flexibility index (Phi) is 6.35. The summed E-state index contributed by atoms with van der Waals surface area (Å²) in [4.78, 5) is 33.5. The summed E-state index contributed by atoms with van der Waals surface area (Å²) in [7, 11) is 0. The second-order valence-electron chi connectivity index (χ2n) is 5.08. The molecule has 0 aliphatic rings. The zero-order chi connectivity index (χ0) is 18.1. The van der Waals surface area contributed by atoms with Crippen molar-refractivity contribution < 1.29 is 14.5 Å². The molecule has 0 aliphatic heterocycles. The molecular formula is C17H16N4O4. The van der Waals surface area contributed by atoms with Gasteiger partial charge < -0.3 is 5.32 Å². The molecule has 2 amide bonds. The number of nitrogens with zero attached hydrogens (tertiary/aromatic N) is 2. The van der Waals surface area contributed by atoms with Crippen molar-refractivity contribution in [2.24, 2.45) is 5.10 Å². The fourth-order valence-electron chi connectivity index (χ4n) is 1.96. The molecular weight excluding hydrogens is 324 g/mol. The first kappa shape index (κ1) is 17.8. The van der Waals surface area contributed by atoms with Gasteiger partial charge in [-0.2, -0.15) is 5.10 Å². The molecule has 0 aromatic heterocycles. The third kappa shape index (κ3) is 6.22. The third-order valence-electron chi connectivity index (χ3n) is 3.14. The van der Waals surface area contributed by atoms with E-state index in [0.717, 1.165) is 5.56 Å². The lowest BCUT2D eigenvalue weighted by atomic mass is 10.1. The Labute approximate surface area is 143 Å². The van der Waals surface area contributed by atoms with E-state index in [9.17, 15) is 19.7 Å². The Balaban J connectivity index is 1.76. The van der Waals surface area contributed by atoms with Crippen LogP contribution in [0.1, 0.15) is 11.1 Å². The summed E-state index contributed by atoms with van der Waals surface area (Å²) in [6, 6.07) is 15.0. The molecule has 0 unspecified atom stereocenters. The van der Waals surface area contributed by atoms with Gasteiger partial charge in [-0.1, -0.05) is 42.5 Å². The zero-order valence-corrected chi connectivity index (χ0v) is 13.2. The molecule has 2 rings (SSSR count). The smallest absolute Gasteiger partial charge is 0.270 e. The van der Waals surface area contributed by atoms with Gasteiger partial charge in [0.05, 0.1) is 24.1 Å². The average Bonchev–Trinajstić information content (AvgIpc) is 2.61. The highest BCUT2D eigenvalue weighted by Crippen LogP contribution is 2.11. The summed E-state index contributed by atoms with van der Waals surface area (Å²) >= 11 is 0. The molecule has 0 atom stereocenters. The van der Waals surface area contributed by atoms with Crippen LogP contribution in [0.4, 0.5) is 5.69 Å². The van der Waals surface area contributed by atoms with Gasteiger partial charge in [0.1, 0.15) is 0 Å². The maximum atomic E-state index is 11.7. The topological polar surface area (TPSA) is 114 Å². The minimum atomic E-state index is -0.516. The van der Waals surface area contributed by atoms with Crippen LogP contribution in [0, 0.1) is 10.1 Å². The lowest BCUT2D eigenvalue weighted by Gasteiger charge is -2.04. The van der Waals surface area contributed by atoms with Crippen LogP contribution in [-0.4, -0.2) is 29.5 Å². The summed E-state index contributed by atoms with van der Waals surface area (Å²) < 4.78 is 0. The van der Waals surface area contributed by atoms with E-state index < -0.39 is 10.8 Å². The number of hydrazone groups is 1. The number of benzene rings is 2. The van der Waals surface area contributed by atoms with Gasteiger partial charge in [0.25, 0.3) is 11.6 Å². The van der Waals surface area contributed by atoms with Crippen LogP contribution in [0.15, 0.2) is 59.7 Å². The quantitative estimate of drug-likeness (QED) is 0.450. The van der Waals surface area contributed by atoms with Crippen LogP contribution >= 0.6 is 0 Å². The number of non-ortho nitro benzene ring substituents is 1. The number of hydrogen-bond donors (Lipinski definition) is 2. The summed E-state index contributed by atoms with van der Waals surface area (Å²) in [5, 5.41) is 16.9. The second-order valence-corrected chi connectivity index (χ2v) is 5.08. The minimum Gasteiger partial charge on any atom is -0.347 e. The Morgan fingerprint density at radius 2 is 1.84 bits per heavy atom. The number of nitrogens with one attached hydrogen (secondary N) is 2. The minimum absolute atomic E-state index is 0.0662. The van der Waals surface area contributed by atoms with Gasteiger partial charge in [-0.15, -0.1) is 0 Å². The van der Waals surface area contributed by atoms with Crippen molar-refractivity contribution >= 4 is 23.7 Å². The molecule has 0 spiro atoms. The monoisotopic (exact) mass is 340 g/mol. The van der Waals surface area contributed by atoms with Gasteiger partial charge in [0, 0.05) is 17.7 Å². The first-order valence-electron chi connectivity index (χ1n) is 7.41. The van der Waals surface area contributed by atoms with Crippen molar-refractivity contribution in [1.82, 2.24) is 10.7 Å². The summed E-state index contributed by atoms with van der Waals surface area (Å²) in [5.74, 6) is -0.771. The molecule has 2 aromatic carbocycles. The number of amides is 2. The predicted octanol–water partition coefficient (Wildman–Crippen LogP) is 1.40. The Morgan fingerprint density at radius 1 is 1.08 bits per heavy atom. The molecule has 0 fully saturated rings. The van der Waals surface area contributed by atoms with Crippen LogP contribution in [-0.2, 0) is 16.0 Å². The Bertz CT molecular complexity index is 790. The molecule has 0 heterocycles. The number of carbonyl (C=O) groups excluding carboxylic acids is 2. The van der Waals surface area contributed by atoms with E-state index in [-0.39, 0.29) is 24.6 Å². The molecule has 0 bridgehead atoms.